The molecule has 0 aromatic heterocycles. The molecule has 0 radical (unpaired) electrons. The quantitative estimate of drug-likeness (QED) is 0.199. The molecule has 170 valence electrons. The number of carbonyl (C=O) groups is 2. The number of hydrogen-bond donors (Lipinski definition) is 0. The van der Waals surface area contributed by atoms with E-state index in [1.165, 1.54) is 4.90 Å². The maximum atomic E-state index is 12.9. The molecule has 34 heavy (non-hydrogen) atoms. The van der Waals surface area contributed by atoms with Gasteiger partial charge in [-0.3, -0.25) is 14.5 Å². The smallest absolute Gasteiger partial charge is 0.293 e. The van der Waals surface area contributed by atoms with Gasteiger partial charge >= 0.3 is 0 Å². The summed E-state index contributed by atoms with van der Waals surface area (Å²) < 4.78 is 7.78. The molecule has 0 aliphatic carbocycles. The zero-order valence-electron chi connectivity index (χ0n) is 17.4. The van der Waals surface area contributed by atoms with Gasteiger partial charge in [-0.05, 0) is 98.4 Å². The number of nitriles is 1. The number of halogens is 3. The van der Waals surface area contributed by atoms with Crippen molar-refractivity contribution in [1.29, 1.82) is 5.26 Å². The van der Waals surface area contributed by atoms with Crippen molar-refractivity contribution in [2.75, 3.05) is 0 Å². The molecule has 0 unspecified atom stereocenters. The van der Waals surface area contributed by atoms with Crippen LogP contribution in [0.3, 0.4) is 0 Å². The summed E-state index contributed by atoms with van der Waals surface area (Å²) in [7, 11) is 0. The lowest BCUT2D eigenvalue weighted by atomic mass is 10.1. The maximum absolute atomic E-state index is 12.9. The topological polar surface area (TPSA) is 70.4 Å². The van der Waals surface area contributed by atoms with Crippen molar-refractivity contribution in [2.45, 2.75) is 13.2 Å². The molecule has 0 bridgehead atoms. The highest BCUT2D eigenvalue weighted by Crippen LogP contribution is 2.36. The first-order chi connectivity index (χ1) is 16.4. The van der Waals surface area contributed by atoms with Crippen molar-refractivity contribution in [3.63, 3.8) is 0 Å². The van der Waals surface area contributed by atoms with Gasteiger partial charge in [0.25, 0.3) is 11.1 Å². The van der Waals surface area contributed by atoms with Crippen LogP contribution in [-0.4, -0.2) is 16.0 Å². The minimum absolute atomic E-state index is 0.0651. The predicted molar refractivity (Wildman–Crippen MR) is 150 cm³/mol. The summed E-state index contributed by atoms with van der Waals surface area (Å²) in [5.74, 6) is 0.367. The lowest BCUT2D eigenvalue weighted by Crippen LogP contribution is -2.27. The molecule has 0 spiro atoms. The van der Waals surface area contributed by atoms with E-state index in [1.807, 2.05) is 36.4 Å². The summed E-state index contributed by atoms with van der Waals surface area (Å²) in [6, 6.07) is 20.4. The fourth-order valence-corrected chi connectivity index (χ4v) is 6.45. The van der Waals surface area contributed by atoms with Gasteiger partial charge in [-0.2, -0.15) is 5.26 Å². The Labute approximate surface area is 233 Å². The van der Waals surface area contributed by atoms with E-state index in [-0.39, 0.29) is 17.7 Å². The van der Waals surface area contributed by atoms with Crippen LogP contribution in [-0.2, 0) is 17.9 Å². The minimum Gasteiger partial charge on any atom is -0.487 e. The summed E-state index contributed by atoms with van der Waals surface area (Å²) in [6.45, 7) is 0.406. The zero-order chi connectivity index (χ0) is 24.2. The van der Waals surface area contributed by atoms with Crippen molar-refractivity contribution in [3.8, 4) is 11.8 Å². The lowest BCUT2D eigenvalue weighted by Gasteiger charge is -2.13. The average Bonchev–Trinajstić information content (AvgIpc) is 3.07. The van der Waals surface area contributed by atoms with E-state index in [1.54, 1.807) is 30.3 Å². The van der Waals surface area contributed by atoms with E-state index in [2.05, 4.69) is 51.3 Å². The van der Waals surface area contributed by atoms with Crippen LogP contribution in [0.5, 0.6) is 5.75 Å². The van der Waals surface area contributed by atoms with Gasteiger partial charge in [-0.1, -0.05) is 48.0 Å². The van der Waals surface area contributed by atoms with E-state index >= 15 is 0 Å². The largest absolute Gasteiger partial charge is 0.487 e. The molecule has 0 N–H and O–H groups in total. The molecular weight excluding hydrogens is 698 g/mol. The molecule has 1 aliphatic heterocycles. The van der Waals surface area contributed by atoms with Crippen LogP contribution in [0.1, 0.15) is 22.3 Å². The molecule has 5 nitrogen and oxygen atoms in total. The number of amides is 2. The van der Waals surface area contributed by atoms with Gasteiger partial charge in [0.15, 0.2) is 0 Å². The maximum Gasteiger partial charge on any atom is 0.293 e. The Bertz CT molecular complexity index is 1350. The van der Waals surface area contributed by atoms with Crippen molar-refractivity contribution >= 4 is 85.8 Å². The number of benzene rings is 3. The Morgan fingerprint density at radius 3 is 2.35 bits per heavy atom. The first-order valence-corrected chi connectivity index (χ1v) is 13.3. The summed E-state index contributed by atoms with van der Waals surface area (Å²) in [4.78, 5) is 27.0. The fourth-order valence-electron chi connectivity index (χ4n) is 3.29. The zero-order valence-corrected chi connectivity index (χ0v) is 23.3. The molecule has 4 rings (SSSR count). The number of rotatable bonds is 6. The summed E-state index contributed by atoms with van der Waals surface area (Å²) in [5, 5.41) is 9.59. The molecular formula is C25H15ClI2N2O3S. The highest BCUT2D eigenvalue weighted by Gasteiger charge is 2.35. The number of ether oxygens (including phenoxy) is 1. The number of nitrogens with zero attached hydrogens (tertiary/aromatic N) is 2. The summed E-state index contributed by atoms with van der Waals surface area (Å²) >= 11 is 11.5. The van der Waals surface area contributed by atoms with E-state index in [9.17, 15) is 14.9 Å². The highest BCUT2D eigenvalue weighted by atomic mass is 127. The van der Waals surface area contributed by atoms with Crippen LogP contribution < -0.4 is 4.74 Å². The third-order valence-electron chi connectivity index (χ3n) is 4.99. The molecule has 1 aliphatic rings. The van der Waals surface area contributed by atoms with Crippen LogP contribution >= 0.6 is 68.5 Å². The highest BCUT2D eigenvalue weighted by molar-refractivity contribution is 14.1. The first kappa shape index (κ1) is 25.0. The van der Waals surface area contributed by atoms with Crippen molar-refractivity contribution in [3.05, 3.63) is 100.0 Å². The summed E-state index contributed by atoms with van der Waals surface area (Å²) in [6.07, 6.45) is 1.71. The van der Waals surface area contributed by atoms with Crippen LogP contribution in [0.4, 0.5) is 4.79 Å². The molecule has 1 saturated heterocycles. The van der Waals surface area contributed by atoms with Crippen LogP contribution in [0.25, 0.3) is 6.08 Å². The Hall–Kier alpha value is -2.07. The van der Waals surface area contributed by atoms with Gasteiger partial charge in [0.05, 0.1) is 30.2 Å². The van der Waals surface area contributed by atoms with Crippen LogP contribution in [0.2, 0.25) is 5.02 Å². The van der Waals surface area contributed by atoms with Gasteiger partial charge in [-0.25, -0.2) is 0 Å². The van der Waals surface area contributed by atoms with Gasteiger partial charge in [0, 0.05) is 10.6 Å². The van der Waals surface area contributed by atoms with Crippen LogP contribution in [0, 0.1) is 18.5 Å². The molecule has 1 heterocycles. The Kier molecular flexibility index (Phi) is 8.18. The number of carbonyl (C=O) groups excluding carboxylic acids is 2. The minimum atomic E-state index is -0.369. The van der Waals surface area contributed by atoms with Gasteiger partial charge in [-0.15, -0.1) is 0 Å². The molecule has 1 fully saturated rings. The Balaban J connectivity index is 1.52. The summed E-state index contributed by atoms with van der Waals surface area (Å²) in [5.41, 5.74) is 2.77. The predicted octanol–water partition coefficient (Wildman–Crippen LogP) is 7.24. The van der Waals surface area contributed by atoms with Gasteiger partial charge < -0.3 is 4.74 Å². The standard InChI is InChI=1S/C25H15ClI2N2O3S/c26-19-8-4-3-7-18(19)14-33-23-20(27)9-15(10-21(23)28)11-22-24(31)30(25(32)34-22)13-17-6-2-1-5-16(17)12-29/h1-11H,13-14H2/b22-11+. The van der Waals surface area contributed by atoms with E-state index < -0.39 is 0 Å². The molecule has 0 saturated carbocycles. The lowest BCUT2D eigenvalue weighted by molar-refractivity contribution is -0.123. The van der Waals surface area contributed by atoms with Gasteiger partial charge in [0.2, 0.25) is 0 Å². The SMILES string of the molecule is N#Cc1ccccc1CN1C(=O)S/C(=C/c2cc(I)c(OCc3ccccc3Cl)c(I)c2)C1=O. The number of hydrogen-bond acceptors (Lipinski definition) is 5. The second-order valence-corrected chi connectivity index (χ2v) is 11.0. The van der Waals surface area contributed by atoms with Gasteiger partial charge in [0.1, 0.15) is 12.4 Å². The van der Waals surface area contributed by atoms with E-state index in [0.29, 0.717) is 27.7 Å². The molecule has 3 aromatic rings. The third kappa shape index (κ3) is 5.59. The second kappa shape index (κ2) is 11.1. The van der Waals surface area contributed by atoms with Crippen LogP contribution in [0.15, 0.2) is 65.6 Å². The molecule has 9 heteroatoms. The monoisotopic (exact) mass is 712 g/mol. The molecule has 3 aromatic carbocycles. The van der Waals surface area contributed by atoms with Crippen molar-refractivity contribution in [2.24, 2.45) is 0 Å². The molecule has 0 atom stereocenters. The van der Waals surface area contributed by atoms with E-state index in [4.69, 9.17) is 16.3 Å². The van der Waals surface area contributed by atoms with Crippen molar-refractivity contribution in [1.82, 2.24) is 4.90 Å². The first-order valence-electron chi connectivity index (χ1n) is 9.96. The Morgan fingerprint density at radius 1 is 1.03 bits per heavy atom. The fraction of sp³-hybridized carbons (Fsp3) is 0.0800. The average molecular weight is 713 g/mol. The third-order valence-corrected chi connectivity index (χ3v) is 7.87. The number of imide groups is 1. The second-order valence-electron chi connectivity index (χ2n) is 7.23. The number of thioether (sulfide) groups is 1. The van der Waals surface area contributed by atoms with E-state index in [0.717, 1.165) is 35.8 Å². The Morgan fingerprint density at radius 2 is 1.68 bits per heavy atom. The van der Waals surface area contributed by atoms with Crippen molar-refractivity contribution < 1.29 is 14.3 Å². The normalized spacial score (nSPS) is 14.5. The molecule has 2 amide bonds.